The fraction of sp³-hybridized carbons (Fsp3) is 0.833. The van der Waals surface area contributed by atoms with Crippen LogP contribution in [-0.4, -0.2) is 47.1 Å². The van der Waals surface area contributed by atoms with Crippen LogP contribution in [0.4, 0.5) is 0 Å². The number of amides is 1. The van der Waals surface area contributed by atoms with Crippen molar-refractivity contribution in [2.45, 2.75) is 39.2 Å². The lowest BCUT2D eigenvalue weighted by Gasteiger charge is -2.35. The van der Waals surface area contributed by atoms with Gasteiger partial charge in [0.25, 0.3) is 0 Å². The molecule has 1 aliphatic heterocycles. The van der Waals surface area contributed by atoms with E-state index in [1.807, 2.05) is 20.8 Å². The Morgan fingerprint density at radius 1 is 1.41 bits per heavy atom. The second kappa shape index (κ2) is 5.49. The predicted octanol–water partition coefficient (Wildman–Crippen LogP) is 0.698. The van der Waals surface area contributed by atoms with Gasteiger partial charge in [-0.1, -0.05) is 0 Å². The number of carboxylic acids is 1. The van der Waals surface area contributed by atoms with E-state index in [1.165, 1.54) is 4.90 Å². The minimum absolute atomic E-state index is 0.0615. The number of carbonyl (C=O) groups excluding carboxylic acids is 1. The van der Waals surface area contributed by atoms with Crippen LogP contribution in [-0.2, 0) is 9.59 Å². The van der Waals surface area contributed by atoms with Gasteiger partial charge in [-0.3, -0.25) is 9.59 Å². The smallest absolute Gasteiger partial charge is 0.323 e. The van der Waals surface area contributed by atoms with Crippen molar-refractivity contribution in [3.05, 3.63) is 0 Å². The topological polar surface area (TPSA) is 69.6 Å². The Morgan fingerprint density at radius 3 is 2.47 bits per heavy atom. The van der Waals surface area contributed by atoms with Crippen LogP contribution in [0.15, 0.2) is 0 Å². The number of aliphatic carboxylic acids is 1. The van der Waals surface area contributed by atoms with Crippen LogP contribution in [0.25, 0.3) is 0 Å². The average molecular weight is 242 g/mol. The highest BCUT2D eigenvalue weighted by Crippen LogP contribution is 2.19. The lowest BCUT2D eigenvalue weighted by Crippen LogP contribution is -2.48. The number of nitrogens with one attached hydrogen (secondary N) is 1. The molecule has 5 nitrogen and oxygen atoms in total. The van der Waals surface area contributed by atoms with Crippen LogP contribution in [0.2, 0.25) is 0 Å². The minimum atomic E-state index is -0.960. The molecule has 0 saturated carbocycles. The van der Waals surface area contributed by atoms with E-state index in [0.717, 1.165) is 19.5 Å². The van der Waals surface area contributed by atoms with Gasteiger partial charge >= 0.3 is 5.97 Å². The van der Waals surface area contributed by atoms with Crippen LogP contribution >= 0.6 is 0 Å². The van der Waals surface area contributed by atoms with Crippen molar-refractivity contribution in [3.8, 4) is 0 Å². The lowest BCUT2D eigenvalue weighted by molar-refractivity contribution is -0.148. The van der Waals surface area contributed by atoms with Crippen molar-refractivity contribution < 1.29 is 14.7 Å². The Bertz CT molecular complexity index is 291. The Hall–Kier alpha value is -1.10. The molecule has 1 amide bonds. The van der Waals surface area contributed by atoms with Gasteiger partial charge < -0.3 is 15.3 Å². The first-order chi connectivity index (χ1) is 7.80. The van der Waals surface area contributed by atoms with Crippen molar-refractivity contribution in [3.63, 3.8) is 0 Å². The Labute approximate surface area is 102 Å². The summed E-state index contributed by atoms with van der Waals surface area (Å²) in [4.78, 5) is 24.4. The molecule has 0 aliphatic carbocycles. The summed E-state index contributed by atoms with van der Waals surface area (Å²) >= 11 is 0. The van der Waals surface area contributed by atoms with Crippen LogP contribution in [0, 0.1) is 5.92 Å². The van der Waals surface area contributed by atoms with Crippen molar-refractivity contribution in [1.82, 2.24) is 10.2 Å². The molecular weight excluding hydrogens is 220 g/mol. The van der Waals surface area contributed by atoms with Crippen LogP contribution in [0.5, 0.6) is 0 Å². The first-order valence-electron chi connectivity index (χ1n) is 6.03. The lowest BCUT2D eigenvalue weighted by atomic mass is 10.0. The third-order valence-electron chi connectivity index (χ3n) is 3.03. The van der Waals surface area contributed by atoms with E-state index in [0.29, 0.717) is 12.3 Å². The number of nitrogens with zero attached hydrogens (tertiary/aromatic N) is 1. The number of carboxylic acid groups (broad SMARTS) is 1. The summed E-state index contributed by atoms with van der Waals surface area (Å²) in [5, 5.41) is 12.1. The normalized spacial score (nSPS) is 20.3. The fourth-order valence-corrected chi connectivity index (χ4v) is 2.08. The van der Waals surface area contributed by atoms with Gasteiger partial charge in [0.05, 0.1) is 0 Å². The second-order valence-electron chi connectivity index (χ2n) is 5.61. The zero-order chi connectivity index (χ0) is 13.1. The molecule has 0 aromatic rings. The van der Waals surface area contributed by atoms with E-state index < -0.39 is 11.5 Å². The van der Waals surface area contributed by atoms with Gasteiger partial charge in [0.2, 0.25) is 5.91 Å². The van der Waals surface area contributed by atoms with Crippen LogP contribution in [0.3, 0.4) is 0 Å². The van der Waals surface area contributed by atoms with Gasteiger partial charge in [-0.15, -0.1) is 0 Å². The molecule has 17 heavy (non-hydrogen) atoms. The molecule has 0 radical (unpaired) electrons. The molecule has 98 valence electrons. The maximum absolute atomic E-state index is 12.1. The fourth-order valence-electron chi connectivity index (χ4n) is 2.08. The second-order valence-corrected chi connectivity index (χ2v) is 5.61. The monoisotopic (exact) mass is 242 g/mol. The first-order valence-corrected chi connectivity index (χ1v) is 6.03. The van der Waals surface area contributed by atoms with Gasteiger partial charge in [0, 0.05) is 12.0 Å². The zero-order valence-corrected chi connectivity index (χ0v) is 10.8. The average Bonchev–Trinajstić information content (AvgIpc) is 2.64. The maximum Gasteiger partial charge on any atom is 0.323 e. The van der Waals surface area contributed by atoms with Crippen LogP contribution in [0.1, 0.15) is 33.6 Å². The molecule has 0 aromatic heterocycles. The predicted molar refractivity (Wildman–Crippen MR) is 64.7 cm³/mol. The molecule has 0 spiro atoms. The quantitative estimate of drug-likeness (QED) is 0.761. The third kappa shape index (κ3) is 4.34. The molecule has 1 aliphatic rings. The number of carbonyl (C=O) groups is 2. The van der Waals surface area contributed by atoms with E-state index in [2.05, 4.69) is 5.32 Å². The van der Waals surface area contributed by atoms with Gasteiger partial charge in [0.1, 0.15) is 6.54 Å². The largest absolute Gasteiger partial charge is 0.480 e. The van der Waals surface area contributed by atoms with Crippen LogP contribution < -0.4 is 5.32 Å². The van der Waals surface area contributed by atoms with E-state index in [4.69, 9.17) is 5.11 Å². The highest BCUT2D eigenvalue weighted by molar-refractivity contribution is 5.82. The summed E-state index contributed by atoms with van der Waals surface area (Å²) in [6.45, 7) is 7.17. The molecule has 1 rings (SSSR count). The Balaban J connectivity index is 2.61. The van der Waals surface area contributed by atoms with E-state index >= 15 is 0 Å². The zero-order valence-electron chi connectivity index (χ0n) is 10.8. The highest BCUT2D eigenvalue weighted by Gasteiger charge is 2.30. The molecule has 0 bridgehead atoms. The van der Waals surface area contributed by atoms with E-state index in [9.17, 15) is 9.59 Å². The number of hydrogen-bond donors (Lipinski definition) is 2. The molecule has 1 unspecified atom stereocenters. The number of rotatable bonds is 4. The standard InChI is InChI=1S/C12H22N2O3/c1-12(2,3)14(8-11(16)17)10(15)6-9-4-5-13-7-9/h9,13H,4-8H2,1-3H3,(H,16,17). The van der Waals surface area contributed by atoms with Crippen molar-refractivity contribution >= 4 is 11.9 Å². The van der Waals surface area contributed by atoms with Crippen molar-refractivity contribution in [1.29, 1.82) is 0 Å². The summed E-state index contributed by atoms with van der Waals surface area (Å²) in [5.74, 6) is -0.674. The molecular formula is C12H22N2O3. The molecule has 1 atom stereocenters. The van der Waals surface area contributed by atoms with E-state index in [-0.39, 0.29) is 12.5 Å². The third-order valence-corrected chi connectivity index (χ3v) is 3.03. The summed E-state index contributed by atoms with van der Waals surface area (Å²) in [6.07, 6.45) is 1.44. The van der Waals surface area contributed by atoms with E-state index in [1.54, 1.807) is 0 Å². The molecule has 1 saturated heterocycles. The molecule has 1 heterocycles. The number of hydrogen-bond acceptors (Lipinski definition) is 3. The summed E-state index contributed by atoms with van der Waals surface area (Å²) in [7, 11) is 0. The molecule has 0 aromatic carbocycles. The summed E-state index contributed by atoms with van der Waals surface area (Å²) < 4.78 is 0. The molecule has 1 fully saturated rings. The minimum Gasteiger partial charge on any atom is -0.480 e. The summed E-state index contributed by atoms with van der Waals surface area (Å²) in [5.41, 5.74) is -0.443. The van der Waals surface area contributed by atoms with Gasteiger partial charge in [-0.05, 0) is 46.2 Å². The van der Waals surface area contributed by atoms with Gasteiger partial charge in [0.15, 0.2) is 0 Å². The summed E-state index contributed by atoms with van der Waals surface area (Å²) in [6, 6.07) is 0. The van der Waals surface area contributed by atoms with Crippen molar-refractivity contribution in [2.75, 3.05) is 19.6 Å². The Morgan fingerprint density at radius 2 is 2.06 bits per heavy atom. The highest BCUT2D eigenvalue weighted by atomic mass is 16.4. The maximum atomic E-state index is 12.1. The van der Waals surface area contributed by atoms with Gasteiger partial charge in [-0.25, -0.2) is 0 Å². The molecule has 2 N–H and O–H groups in total. The Kier molecular flexibility index (Phi) is 4.51. The molecule has 5 heteroatoms. The van der Waals surface area contributed by atoms with Gasteiger partial charge in [-0.2, -0.15) is 0 Å². The SMILES string of the molecule is CC(C)(C)N(CC(=O)O)C(=O)CC1CCNC1. The van der Waals surface area contributed by atoms with Crippen molar-refractivity contribution in [2.24, 2.45) is 5.92 Å². The first kappa shape index (κ1) is 14.0.